The molecule has 2 N–H and O–H groups in total. The molecule has 1 aliphatic rings. The Bertz CT molecular complexity index is 540. The first kappa shape index (κ1) is 15.0. The maximum absolute atomic E-state index is 12.2. The van der Waals surface area contributed by atoms with Crippen LogP contribution in [-0.2, 0) is 9.59 Å². The van der Waals surface area contributed by atoms with Gasteiger partial charge in [0.2, 0.25) is 5.91 Å². The maximum Gasteiger partial charge on any atom is 0.326 e. The molecule has 0 heterocycles. The van der Waals surface area contributed by atoms with Gasteiger partial charge in [-0.05, 0) is 31.9 Å². The van der Waals surface area contributed by atoms with E-state index in [9.17, 15) is 14.4 Å². The first-order chi connectivity index (χ1) is 10.0. The smallest absolute Gasteiger partial charge is 0.326 e. The molecule has 0 aliphatic heterocycles. The normalized spacial score (nSPS) is 15.1. The van der Waals surface area contributed by atoms with Crippen molar-refractivity contribution in [3.05, 3.63) is 35.9 Å². The largest absolute Gasteiger partial charge is 0.480 e. The van der Waals surface area contributed by atoms with E-state index in [1.807, 2.05) is 0 Å². The van der Waals surface area contributed by atoms with E-state index in [0.717, 1.165) is 12.8 Å². The van der Waals surface area contributed by atoms with E-state index in [1.165, 1.54) is 11.8 Å². The summed E-state index contributed by atoms with van der Waals surface area (Å²) in [6.45, 7) is 1.29. The first-order valence-corrected chi connectivity index (χ1v) is 6.88. The summed E-state index contributed by atoms with van der Waals surface area (Å²) in [4.78, 5) is 36.4. The van der Waals surface area contributed by atoms with Crippen molar-refractivity contribution >= 4 is 17.8 Å². The van der Waals surface area contributed by atoms with Crippen LogP contribution < -0.4 is 5.32 Å². The molecule has 0 bridgehead atoms. The highest BCUT2D eigenvalue weighted by Crippen LogP contribution is 2.28. The fourth-order valence-corrected chi connectivity index (χ4v) is 2.15. The number of amides is 2. The average Bonchev–Trinajstić information content (AvgIpc) is 3.30. The number of hydrogen-bond donors (Lipinski definition) is 2. The standard InChI is InChI=1S/C15H18N2O4/c1-10(15(20)21)17(12-7-8-12)13(18)9-16-14(19)11-5-3-2-4-6-11/h2-6,10,12H,7-9H2,1H3,(H,16,19)(H,20,21). The number of carbonyl (C=O) groups is 3. The second kappa shape index (κ2) is 6.39. The van der Waals surface area contributed by atoms with E-state index in [1.54, 1.807) is 30.3 Å². The van der Waals surface area contributed by atoms with Gasteiger partial charge >= 0.3 is 5.97 Å². The lowest BCUT2D eigenvalue weighted by Gasteiger charge is -2.26. The van der Waals surface area contributed by atoms with Crippen LogP contribution in [0.5, 0.6) is 0 Å². The van der Waals surface area contributed by atoms with Crippen molar-refractivity contribution in [1.29, 1.82) is 0 Å². The summed E-state index contributed by atoms with van der Waals surface area (Å²) >= 11 is 0. The van der Waals surface area contributed by atoms with Gasteiger partial charge in [0.1, 0.15) is 6.04 Å². The Morgan fingerprint density at radius 2 is 1.90 bits per heavy atom. The molecule has 1 atom stereocenters. The number of carboxylic acid groups (broad SMARTS) is 1. The summed E-state index contributed by atoms with van der Waals surface area (Å²) in [6, 6.07) is 7.68. The minimum absolute atomic E-state index is 0.0165. The van der Waals surface area contributed by atoms with Gasteiger partial charge in [0.05, 0.1) is 6.54 Å². The zero-order chi connectivity index (χ0) is 15.4. The summed E-state index contributed by atoms with van der Waals surface area (Å²) in [5.41, 5.74) is 0.467. The predicted molar refractivity (Wildman–Crippen MR) is 75.7 cm³/mol. The van der Waals surface area contributed by atoms with Crippen LogP contribution in [0.4, 0.5) is 0 Å². The van der Waals surface area contributed by atoms with Crippen LogP contribution in [0.2, 0.25) is 0 Å². The van der Waals surface area contributed by atoms with Crippen molar-refractivity contribution in [2.24, 2.45) is 0 Å². The van der Waals surface area contributed by atoms with Gasteiger partial charge in [-0.2, -0.15) is 0 Å². The van der Waals surface area contributed by atoms with Crippen molar-refractivity contribution in [3.8, 4) is 0 Å². The van der Waals surface area contributed by atoms with Crippen molar-refractivity contribution in [2.45, 2.75) is 31.8 Å². The number of nitrogens with one attached hydrogen (secondary N) is 1. The van der Waals surface area contributed by atoms with E-state index in [-0.39, 0.29) is 24.4 Å². The lowest BCUT2D eigenvalue weighted by Crippen LogP contribution is -2.48. The minimum atomic E-state index is -1.04. The van der Waals surface area contributed by atoms with Crippen LogP contribution >= 0.6 is 0 Å². The van der Waals surface area contributed by atoms with Crippen LogP contribution in [0.25, 0.3) is 0 Å². The van der Waals surface area contributed by atoms with E-state index in [2.05, 4.69) is 5.32 Å². The van der Waals surface area contributed by atoms with Crippen molar-refractivity contribution in [1.82, 2.24) is 10.2 Å². The van der Waals surface area contributed by atoms with E-state index in [0.29, 0.717) is 5.56 Å². The molecule has 1 aromatic rings. The molecule has 6 nitrogen and oxygen atoms in total. The van der Waals surface area contributed by atoms with Gasteiger partial charge in [0.15, 0.2) is 0 Å². The Hall–Kier alpha value is -2.37. The molecular formula is C15H18N2O4. The van der Waals surface area contributed by atoms with Gasteiger partial charge in [-0.1, -0.05) is 18.2 Å². The number of hydrogen-bond acceptors (Lipinski definition) is 3. The number of carboxylic acids is 1. The van der Waals surface area contributed by atoms with Gasteiger partial charge in [-0.15, -0.1) is 0 Å². The molecule has 1 saturated carbocycles. The second-order valence-corrected chi connectivity index (χ2v) is 5.10. The zero-order valence-electron chi connectivity index (χ0n) is 11.8. The van der Waals surface area contributed by atoms with E-state index in [4.69, 9.17) is 5.11 Å². The molecule has 2 amide bonds. The highest BCUT2D eigenvalue weighted by atomic mass is 16.4. The van der Waals surface area contributed by atoms with Crippen LogP contribution in [0.1, 0.15) is 30.1 Å². The Labute approximate surface area is 122 Å². The summed E-state index contributed by atoms with van der Waals surface area (Å²) in [5.74, 6) is -1.75. The zero-order valence-corrected chi connectivity index (χ0v) is 11.8. The molecule has 0 aromatic heterocycles. The van der Waals surface area contributed by atoms with Gasteiger partial charge in [-0.25, -0.2) is 4.79 Å². The quantitative estimate of drug-likeness (QED) is 0.814. The molecule has 6 heteroatoms. The summed E-state index contributed by atoms with van der Waals surface area (Å²) < 4.78 is 0. The Morgan fingerprint density at radius 1 is 1.29 bits per heavy atom. The van der Waals surface area contributed by atoms with Crippen molar-refractivity contribution in [3.63, 3.8) is 0 Å². The van der Waals surface area contributed by atoms with E-state index >= 15 is 0 Å². The number of nitrogens with zero attached hydrogens (tertiary/aromatic N) is 1. The molecule has 1 unspecified atom stereocenters. The summed E-state index contributed by atoms with van der Waals surface area (Å²) in [5, 5.41) is 11.6. The van der Waals surface area contributed by atoms with Gasteiger partial charge in [0, 0.05) is 11.6 Å². The lowest BCUT2D eigenvalue weighted by atomic mass is 10.2. The van der Waals surface area contributed by atoms with Gasteiger partial charge in [-0.3, -0.25) is 9.59 Å². The van der Waals surface area contributed by atoms with E-state index < -0.39 is 12.0 Å². The highest BCUT2D eigenvalue weighted by molar-refractivity contribution is 5.96. The first-order valence-electron chi connectivity index (χ1n) is 6.88. The second-order valence-electron chi connectivity index (χ2n) is 5.10. The number of benzene rings is 1. The average molecular weight is 290 g/mol. The van der Waals surface area contributed by atoms with Crippen LogP contribution in [0.15, 0.2) is 30.3 Å². The predicted octanol–water partition coefficient (Wildman–Crippen LogP) is 0.880. The molecule has 2 rings (SSSR count). The third-order valence-corrected chi connectivity index (χ3v) is 3.44. The lowest BCUT2D eigenvalue weighted by molar-refractivity contribution is -0.149. The van der Waals surface area contributed by atoms with Gasteiger partial charge < -0.3 is 15.3 Å². The molecule has 1 aliphatic carbocycles. The summed E-state index contributed by atoms with van der Waals surface area (Å²) in [7, 11) is 0. The minimum Gasteiger partial charge on any atom is -0.480 e. The Balaban J connectivity index is 1.93. The van der Waals surface area contributed by atoms with Crippen molar-refractivity contribution in [2.75, 3.05) is 6.54 Å². The Morgan fingerprint density at radius 3 is 2.43 bits per heavy atom. The van der Waals surface area contributed by atoms with Crippen molar-refractivity contribution < 1.29 is 19.5 Å². The fraction of sp³-hybridized carbons (Fsp3) is 0.400. The molecule has 0 spiro atoms. The fourth-order valence-electron chi connectivity index (χ4n) is 2.15. The van der Waals surface area contributed by atoms with Crippen LogP contribution in [0, 0.1) is 0 Å². The molecule has 1 fully saturated rings. The molecule has 0 saturated heterocycles. The molecule has 112 valence electrons. The summed E-state index contributed by atoms with van der Waals surface area (Å²) in [6.07, 6.45) is 1.63. The number of carbonyl (C=O) groups excluding carboxylic acids is 2. The highest BCUT2D eigenvalue weighted by Gasteiger charge is 2.38. The maximum atomic E-state index is 12.2. The molecular weight excluding hydrogens is 272 g/mol. The van der Waals surface area contributed by atoms with Gasteiger partial charge in [0.25, 0.3) is 5.91 Å². The molecule has 0 radical (unpaired) electrons. The number of aliphatic carboxylic acids is 1. The third kappa shape index (κ3) is 3.81. The monoisotopic (exact) mass is 290 g/mol. The Kier molecular flexibility index (Phi) is 4.57. The van der Waals surface area contributed by atoms with Crippen LogP contribution in [0.3, 0.4) is 0 Å². The topological polar surface area (TPSA) is 86.7 Å². The molecule has 1 aromatic carbocycles. The third-order valence-electron chi connectivity index (χ3n) is 3.44. The van der Waals surface area contributed by atoms with Crippen LogP contribution in [-0.4, -0.2) is 46.4 Å². The molecule has 21 heavy (non-hydrogen) atoms. The number of rotatable bonds is 6. The SMILES string of the molecule is CC(C(=O)O)N(C(=O)CNC(=O)c1ccccc1)C1CC1.